The van der Waals surface area contributed by atoms with E-state index >= 15 is 0 Å². The highest BCUT2D eigenvalue weighted by atomic mass is 32.1. The van der Waals surface area contributed by atoms with Crippen LogP contribution in [0.1, 0.15) is 33.6 Å². The molecule has 1 amide bonds. The maximum atomic E-state index is 11.9. The summed E-state index contributed by atoms with van der Waals surface area (Å²) >= 11 is 1.72. The lowest BCUT2D eigenvalue weighted by Crippen LogP contribution is -2.48. The summed E-state index contributed by atoms with van der Waals surface area (Å²) in [5, 5.41) is 8.13. The molecule has 1 unspecified atom stereocenters. The molecule has 9 heteroatoms. The number of piperidine rings is 1. The van der Waals surface area contributed by atoms with Gasteiger partial charge in [0.05, 0.1) is 22.2 Å². The van der Waals surface area contributed by atoms with Gasteiger partial charge in [-0.05, 0) is 45.4 Å². The van der Waals surface area contributed by atoms with Crippen molar-refractivity contribution in [2.45, 2.75) is 45.2 Å². The molecule has 2 fully saturated rings. The van der Waals surface area contributed by atoms with Crippen LogP contribution in [0.5, 0.6) is 0 Å². The number of nitrogens with one attached hydrogen (secondary N) is 2. The zero-order valence-electron chi connectivity index (χ0n) is 19.1. The van der Waals surface area contributed by atoms with Crippen LogP contribution in [0, 0.1) is 0 Å². The van der Waals surface area contributed by atoms with Gasteiger partial charge in [-0.25, -0.2) is 14.8 Å². The number of rotatable bonds is 5. The molecule has 172 valence electrons. The SMILES string of the molecule is C=C1CC(Nc2nccc(-c3ccc(N4CCN(C(=O)OCC)CC4)s3)n2)CC(C)(C)N1. The Balaban J connectivity index is 1.39. The first-order valence-corrected chi connectivity index (χ1v) is 12.0. The van der Waals surface area contributed by atoms with Gasteiger partial charge >= 0.3 is 6.09 Å². The van der Waals surface area contributed by atoms with E-state index in [-0.39, 0.29) is 17.7 Å². The fourth-order valence-corrected chi connectivity index (χ4v) is 5.40. The van der Waals surface area contributed by atoms with E-state index in [0.717, 1.165) is 42.2 Å². The maximum absolute atomic E-state index is 11.9. The summed E-state index contributed by atoms with van der Waals surface area (Å²) in [6.45, 7) is 13.7. The van der Waals surface area contributed by atoms with Gasteiger partial charge in [0.2, 0.25) is 5.95 Å². The Bertz CT molecular complexity index is 967. The van der Waals surface area contributed by atoms with E-state index in [2.05, 4.69) is 53.1 Å². The normalized spacial score (nSPS) is 20.6. The van der Waals surface area contributed by atoms with Crippen LogP contribution in [0.3, 0.4) is 0 Å². The molecule has 2 N–H and O–H groups in total. The van der Waals surface area contributed by atoms with Gasteiger partial charge in [0.1, 0.15) is 0 Å². The molecule has 8 nitrogen and oxygen atoms in total. The lowest BCUT2D eigenvalue weighted by molar-refractivity contribution is 0.105. The monoisotopic (exact) mass is 456 g/mol. The van der Waals surface area contributed by atoms with Crippen molar-refractivity contribution in [3.8, 4) is 10.6 Å². The van der Waals surface area contributed by atoms with E-state index in [4.69, 9.17) is 9.72 Å². The molecule has 2 aliphatic heterocycles. The molecule has 0 spiro atoms. The molecule has 0 radical (unpaired) electrons. The van der Waals surface area contributed by atoms with Crippen LogP contribution in [0.4, 0.5) is 15.7 Å². The van der Waals surface area contributed by atoms with E-state index in [1.165, 1.54) is 5.00 Å². The van der Waals surface area contributed by atoms with Gasteiger partial charge in [-0.2, -0.15) is 0 Å². The summed E-state index contributed by atoms with van der Waals surface area (Å²) in [6.07, 6.45) is 3.42. The average molecular weight is 457 g/mol. The molecule has 4 heterocycles. The molecule has 2 aromatic heterocycles. The van der Waals surface area contributed by atoms with E-state index in [1.807, 2.05) is 19.2 Å². The van der Waals surface area contributed by atoms with Gasteiger partial charge in [0, 0.05) is 56.1 Å². The first-order valence-electron chi connectivity index (χ1n) is 11.2. The molecule has 32 heavy (non-hydrogen) atoms. The van der Waals surface area contributed by atoms with Crippen LogP contribution < -0.4 is 15.5 Å². The number of ether oxygens (including phenoxy) is 1. The van der Waals surface area contributed by atoms with Gasteiger partial charge in [-0.3, -0.25) is 0 Å². The fraction of sp³-hybridized carbons (Fsp3) is 0.522. The van der Waals surface area contributed by atoms with Crippen molar-refractivity contribution in [1.82, 2.24) is 20.2 Å². The molecule has 2 aromatic rings. The zero-order chi connectivity index (χ0) is 22.7. The Hall–Kier alpha value is -2.81. The Morgan fingerprint density at radius 1 is 1.31 bits per heavy atom. The minimum absolute atomic E-state index is 0.00453. The topological polar surface area (TPSA) is 82.6 Å². The molecular formula is C23H32N6O2S. The number of nitrogens with zero attached hydrogens (tertiary/aromatic N) is 4. The predicted molar refractivity (Wildman–Crippen MR) is 129 cm³/mol. The average Bonchev–Trinajstić information content (AvgIpc) is 3.23. The number of thiophene rings is 1. The number of amides is 1. The maximum Gasteiger partial charge on any atom is 0.409 e. The lowest BCUT2D eigenvalue weighted by atomic mass is 9.88. The molecule has 0 bridgehead atoms. The Morgan fingerprint density at radius 2 is 2.09 bits per heavy atom. The van der Waals surface area contributed by atoms with Gasteiger partial charge in [-0.1, -0.05) is 6.58 Å². The largest absolute Gasteiger partial charge is 0.450 e. The van der Waals surface area contributed by atoms with Crippen LogP contribution >= 0.6 is 11.3 Å². The van der Waals surface area contributed by atoms with Gasteiger partial charge in [-0.15, -0.1) is 11.3 Å². The van der Waals surface area contributed by atoms with Crippen LogP contribution in [-0.4, -0.2) is 65.3 Å². The first kappa shape index (κ1) is 22.4. The quantitative estimate of drug-likeness (QED) is 0.705. The highest BCUT2D eigenvalue weighted by Crippen LogP contribution is 2.34. The highest BCUT2D eigenvalue weighted by Gasteiger charge is 2.29. The number of piperazine rings is 1. The third-order valence-corrected chi connectivity index (χ3v) is 6.88. The summed E-state index contributed by atoms with van der Waals surface area (Å²) in [4.78, 5) is 26.3. The number of hydrogen-bond donors (Lipinski definition) is 2. The standard InChI is InChI=1S/C23H32N6O2S/c1-5-31-22(30)29-12-10-28(11-13-29)20-7-6-19(32-20)18-8-9-24-21(26-18)25-17-14-16(2)27-23(3,4)15-17/h6-9,17,27H,2,5,10-15H2,1,3-4H3,(H,24,25,26). The second-order valence-electron chi connectivity index (χ2n) is 8.94. The molecular weight excluding hydrogens is 424 g/mol. The predicted octanol–water partition coefficient (Wildman–Crippen LogP) is 3.94. The summed E-state index contributed by atoms with van der Waals surface area (Å²) in [7, 11) is 0. The van der Waals surface area contributed by atoms with Gasteiger partial charge < -0.3 is 25.2 Å². The van der Waals surface area contributed by atoms with Crippen molar-refractivity contribution < 1.29 is 9.53 Å². The number of aromatic nitrogens is 2. The van der Waals surface area contributed by atoms with E-state index in [0.29, 0.717) is 25.6 Å². The van der Waals surface area contributed by atoms with E-state index in [9.17, 15) is 4.79 Å². The summed E-state index contributed by atoms with van der Waals surface area (Å²) < 4.78 is 5.11. The molecule has 0 aliphatic carbocycles. The van der Waals surface area contributed by atoms with E-state index < -0.39 is 0 Å². The second kappa shape index (κ2) is 9.36. The minimum atomic E-state index is -0.222. The van der Waals surface area contributed by atoms with Crippen molar-refractivity contribution in [3.63, 3.8) is 0 Å². The third kappa shape index (κ3) is 5.32. The van der Waals surface area contributed by atoms with Crippen LogP contribution in [-0.2, 0) is 4.74 Å². The highest BCUT2D eigenvalue weighted by molar-refractivity contribution is 7.19. The first-order chi connectivity index (χ1) is 15.3. The second-order valence-corrected chi connectivity index (χ2v) is 10.0. The van der Waals surface area contributed by atoms with Crippen molar-refractivity contribution in [3.05, 3.63) is 36.7 Å². The Morgan fingerprint density at radius 3 is 2.81 bits per heavy atom. The summed E-state index contributed by atoms with van der Waals surface area (Å²) in [5.74, 6) is 0.649. The fourth-order valence-electron chi connectivity index (χ4n) is 4.38. The van der Waals surface area contributed by atoms with Crippen molar-refractivity contribution in [1.29, 1.82) is 0 Å². The van der Waals surface area contributed by atoms with Gasteiger partial charge in [0.25, 0.3) is 0 Å². The molecule has 4 rings (SSSR count). The minimum Gasteiger partial charge on any atom is -0.450 e. The van der Waals surface area contributed by atoms with Crippen LogP contribution in [0.15, 0.2) is 36.7 Å². The molecule has 0 aromatic carbocycles. The Labute approximate surface area is 193 Å². The number of anilines is 2. The zero-order valence-corrected chi connectivity index (χ0v) is 19.9. The Kier molecular flexibility index (Phi) is 6.55. The van der Waals surface area contributed by atoms with Crippen molar-refractivity contribution in [2.75, 3.05) is 43.0 Å². The van der Waals surface area contributed by atoms with Crippen molar-refractivity contribution in [2.24, 2.45) is 0 Å². The molecule has 2 saturated heterocycles. The van der Waals surface area contributed by atoms with Crippen LogP contribution in [0.2, 0.25) is 0 Å². The van der Waals surface area contributed by atoms with Gasteiger partial charge in [0.15, 0.2) is 0 Å². The summed E-state index contributed by atoms with van der Waals surface area (Å²) in [5.41, 5.74) is 1.96. The third-order valence-electron chi connectivity index (χ3n) is 5.72. The molecule has 1 atom stereocenters. The van der Waals surface area contributed by atoms with Crippen molar-refractivity contribution >= 4 is 28.4 Å². The number of carbonyl (C=O) groups is 1. The lowest BCUT2D eigenvalue weighted by Gasteiger charge is -2.38. The smallest absolute Gasteiger partial charge is 0.409 e. The number of carbonyl (C=O) groups excluding carboxylic acids is 1. The molecule has 0 saturated carbocycles. The number of hydrogen-bond acceptors (Lipinski definition) is 8. The summed E-state index contributed by atoms with van der Waals surface area (Å²) in [6, 6.07) is 6.45. The molecule has 2 aliphatic rings. The van der Waals surface area contributed by atoms with Crippen LogP contribution in [0.25, 0.3) is 10.6 Å². The van der Waals surface area contributed by atoms with E-state index in [1.54, 1.807) is 16.2 Å².